The third kappa shape index (κ3) is 4.28. The summed E-state index contributed by atoms with van der Waals surface area (Å²) in [5.41, 5.74) is 8.79. The molecule has 0 saturated heterocycles. The summed E-state index contributed by atoms with van der Waals surface area (Å²) in [5, 5.41) is 9.90. The minimum Gasteiger partial charge on any atom is -0.496 e. The van der Waals surface area contributed by atoms with Crippen LogP contribution in [0.2, 0.25) is 0 Å². The van der Waals surface area contributed by atoms with Crippen molar-refractivity contribution in [2.75, 3.05) is 21.3 Å². The molecule has 3 aromatic rings. The summed E-state index contributed by atoms with van der Waals surface area (Å²) in [6, 6.07) is 16.9. The monoisotopic (exact) mass is 473 g/mol. The Morgan fingerprint density at radius 3 is 2.43 bits per heavy atom. The summed E-state index contributed by atoms with van der Waals surface area (Å²) >= 11 is 0. The summed E-state index contributed by atoms with van der Waals surface area (Å²) in [7, 11) is 4.73. The Morgan fingerprint density at radius 2 is 1.74 bits per heavy atom. The number of nitrogens with two attached hydrogens (primary N) is 1. The lowest BCUT2D eigenvalue weighted by Crippen LogP contribution is -2.33. The number of ether oxygens (including phenoxy) is 4. The highest BCUT2D eigenvalue weighted by molar-refractivity contribution is 5.58. The Hall–Kier alpha value is -4.38. The Kier molecular flexibility index (Phi) is 6.69. The Balaban J connectivity index is 1.80. The predicted octanol–water partition coefficient (Wildman–Crippen LogP) is 3.64. The van der Waals surface area contributed by atoms with Crippen LogP contribution in [0.4, 0.5) is 0 Å². The van der Waals surface area contributed by atoms with Crippen molar-refractivity contribution in [3.8, 4) is 29.1 Å². The molecular weight excluding hydrogens is 446 g/mol. The van der Waals surface area contributed by atoms with Gasteiger partial charge in [0, 0.05) is 23.9 Å². The lowest BCUT2D eigenvalue weighted by molar-refractivity contribution is 0.354. The van der Waals surface area contributed by atoms with Gasteiger partial charge in [0.2, 0.25) is 5.88 Å². The summed E-state index contributed by atoms with van der Waals surface area (Å²) in [5.74, 6) is 1.45. The summed E-state index contributed by atoms with van der Waals surface area (Å²) < 4.78 is 23.7. The van der Waals surface area contributed by atoms with E-state index in [0.717, 1.165) is 11.3 Å². The van der Waals surface area contributed by atoms with Gasteiger partial charge in [0.05, 0.1) is 32.8 Å². The zero-order valence-electron chi connectivity index (χ0n) is 20.1. The maximum Gasteiger partial charge on any atom is 0.258 e. The van der Waals surface area contributed by atoms with Crippen LogP contribution < -0.4 is 30.2 Å². The minimum absolute atomic E-state index is 0.0159. The predicted molar refractivity (Wildman–Crippen MR) is 131 cm³/mol. The van der Waals surface area contributed by atoms with Gasteiger partial charge in [0.1, 0.15) is 23.1 Å². The molecule has 1 aromatic heterocycles. The van der Waals surface area contributed by atoms with Gasteiger partial charge in [-0.25, -0.2) is 0 Å². The number of nitrogens with zero attached hydrogens (tertiary/aromatic N) is 2. The molecule has 8 heteroatoms. The molecule has 0 fully saturated rings. The van der Waals surface area contributed by atoms with Crippen molar-refractivity contribution in [1.29, 1.82) is 5.26 Å². The smallest absolute Gasteiger partial charge is 0.258 e. The van der Waals surface area contributed by atoms with E-state index in [2.05, 4.69) is 6.07 Å². The van der Waals surface area contributed by atoms with Gasteiger partial charge in [-0.3, -0.25) is 4.79 Å². The fourth-order valence-electron chi connectivity index (χ4n) is 4.46. The molecule has 2 heterocycles. The van der Waals surface area contributed by atoms with E-state index in [1.54, 1.807) is 38.0 Å². The molecule has 35 heavy (non-hydrogen) atoms. The second-order valence-corrected chi connectivity index (χ2v) is 8.13. The van der Waals surface area contributed by atoms with Crippen LogP contribution in [0, 0.1) is 18.3 Å². The molecule has 0 aliphatic carbocycles. The van der Waals surface area contributed by atoms with E-state index >= 15 is 0 Å². The molecule has 2 aromatic carbocycles. The van der Waals surface area contributed by atoms with E-state index in [0.29, 0.717) is 47.1 Å². The van der Waals surface area contributed by atoms with Crippen molar-refractivity contribution in [2.45, 2.75) is 25.8 Å². The molecule has 0 spiro atoms. The highest BCUT2D eigenvalue weighted by atomic mass is 16.5. The Bertz CT molecular complexity index is 1400. The van der Waals surface area contributed by atoms with Gasteiger partial charge in [0.15, 0.2) is 11.5 Å². The average Bonchev–Trinajstić information content (AvgIpc) is 2.87. The molecule has 1 aliphatic heterocycles. The Labute approximate surface area is 203 Å². The number of fused-ring (bicyclic) bond motifs is 1. The number of allylic oxidation sites excluding steroid dienone is 1. The van der Waals surface area contributed by atoms with Crippen molar-refractivity contribution in [3.05, 3.63) is 92.7 Å². The topological polar surface area (TPSA) is 109 Å². The van der Waals surface area contributed by atoms with Crippen LogP contribution >= 0.6 is 0 Å². The molecule has 1 atom stereocenters. The zero-order chi connectivity index (χ0) is 25.1. The normalized spacial score (nSPS) is 14.5. The lowest BCUT2D eigenvalue weighted by Gasteiger charge is -2.28. The molecule has 2 N–H and O–H groups in total. The number of hydrogen-bond acceptors (Lipinski definition) is 7. The first kappa shape index (κ1) is 23.8. The SMILES string of the molecule is COc1ccc(CCn2c(C)cc3c(c2=O)[C@@H](c2ccccc2OC)C(C#N)=C(N)O3)cc1OC. The number of pyridine rings is 1. The van der Waals surface area contributed by atoms with Crippen LogP contribution in [0.15, 0.2) is 64.8 Å². The van der Waals surface area contributed by atoms with Crippen molar-refractivity contribution in [3.63, 3.8) is 0 Å². The van der Waals surface area contributed by atoms with Crippen LogP contribution in [-0.4, -0.2) is 25.9 Å². The second kappa shape index (κ2) is 9.85. The van der Waals surface area contributed by atoms with E-state index in [9.17, 15) is 10.1 Å². The lowest BCUT2D eigenvalue weighted by atomic mass is 9.83. The number of nitriles is 1. The van der Waals surface area contributed by atoms with Crippen LogP contribution in [-0.2, 0) is 13.0 Å². The first-order valence-corrected chi connectivity index (χ1v) is 11.1. The summed E-state index contributed by atoms with van der Waals surface area (Å²) in [6.45, 7) is 2.27. The zero-order valence-corrected chi connectivity index (χ0v) is 20.1. The molecule has 4 rings (SSSR count). The van der Waals surface area contributed by atoms with Gasteiger partial charge < -0.3 is 29.2 Å². The van der Waals surface area contributed by atoms with Crippen molar-refractivity contribution in [2.24, 2.45) is 5.73 Å². The molecule has 8 nitrogen and oxygen atoms in total. The van der Waals surface area contributed by atoms with E-state index in [1.807, 2.05) is 43.3 Å². The second-order valence-electron chi connectivity index (χ2n) is 8.13. The van der Waals surface area contributed by atoms with Crippen LogP contribution in [0.5, 0.6) is 23.0 Å². The van der Waals surface area contributed by atoms with Crippen LogP contribution in [0.25, 0.3) is 0 Å². The molecule has 0 saturated carbocycles. The number of aryl methyl sites for hydroxylation is 2. The van der Waals surface area contributed by atoms with E-state index in [1.165, 1.54) is 0 Å². The van der Waals surface area contributed by atoms with E-state index in [4.69, 9.17) is 24.7 Å². The van der Waals surface area contributed by atoms with Gasteiger partial charge in [0.25, 0.3) is 5.56 Å². The maximum absolute atomic E-state index is 13.9. The van der Waals surface area contributed by atoms with Crippen molar-refractivity contribution < 1.29 is 18.9 Å². The van der Waals surface area contributed by atoms with Gasteiger partial charge in [-0.05, 0) is 37.1 Å². The molecule has 1 aliphatic rings. The number of hydrogen-bond donors (Lipinski definition) is 1. The fourth-order valence-corrected chi connectivity index (χ4v) is 4.46. The maximum atomic E-state index is 13.9. The van der Waals surface area contributed by atoms with Gasteiger partial charge in [-0.2, -0.15) is 5.26 Å². The third-order valence-corrected chi connectivity index (χ3v) is 6.21. The fraction of sp³-hybridized carbons (Fsp3) is 0.259. The largest absolute Gasteiger partial charge is 0.496 e. The number of methoxy groups -OCH3 is 3. The number of para-hydroxylation sites is 1. The number of benzene rings is 2. The van der Waals surface area contributed by atoms with Crippen LogP contribution in [0.3, 0.4) is 0 Å². The first-order chi connectivity index (χ1) is 16.9. The minimum atomic E-state index is -0.708. The highest BCUT2D eigenvalue weighted by Crippen LogP contribution is 2.43. The average molecular weight is 474 g/mol. The standard InChI is InChI=1S/C27H27N3O5/c1-16-13-23-25(24(19(15-28)26(29)35-23)18-7-5-6-8-20(18)32-2)27(31)30(16)12-11-17-9-10-21(33-3)22(14-17)34-4/h5-10,13-14,24H,11-12,29H2,1-4H3/t24-/m0/s1. The molecular formula is C27H27N3O5. The van der Waals surface area contributed by atoms with Gasteiger partial charge in [-0.15, -0.1) is 0 Å². The van der Waals surface area contributed by atoms with Crippen LogP contribution in [0.1, 0.15) is 28.3 Å². The van der Waals surface area contributed by atoms with Crippen molar-refractivity contribution >= 4 is 0 Å². The number of rotatable bonds is 7. The molecule has 180 valence electrons. The Morgan fingerprint density at radius 1 is 1.03 bits per heavy atom. The third-order valence-electron chi connectivity index (χ3n) is 6.21. The highest BCUT2D eigenvalue weighted by Gasteiger charge is 2.35. The molecule has 0 amide bonds. The van der Waals surface area contributed by atoms with Gasteiger partial charge >= 0.3 is 0 Å². The van der Waals surface area contributed by atoms with Crippen molar-refractivity contribution in [1.82, 2.24) is 4.57 Å². The van der Waals surface area contributed by atoms with E-state index < -0.39 is 5.92 Å². The molecule has 0 radical (unpaired) electrons. The molecule has 0 unspecified atom stereocenters. The number of aromatic nitrogens is 1. The summed E-state index contributed by atoms with van der Waals surface area (Å²) in [6.07, 6.45) is 0.586. The summed E-state index contributed by atoms with van der Waals surface area (Å²) in [4.78, 5) is 13.9. The van der Waals surface area contributed by atoms with Gasteiger partial charge in [-0.1, -0.05) is 24.3 Å². The first-order valence-electron chi connectivity index (χ1n) is 11.1. The molecule has 0 bridgehead atoms. The van der Waals surface area contributed by atoms with E-state index in [-0.39, 0.29) is 17.0 Å². The quantitative estimate of drug-likeness (QED) is 0.558.